The van der Waals surface area contributed by atoms with Gasteiger partial charge in [0, 0.05) is 9.89 Å². The average Bonchev–Trinajstić information content (AvgIpc) is 2.16. The lowest BCUT2D eigenvalue weighted by Gasteiger charge is -2.16. The Bertz CT molecular complexity index is 510. The second-order valence-electron chi connectivity index (χ2n) is 4.89. The number of halogens is 1. The summed E-state index contributed by atoms with van der Waals surface area (Å²) in [6, 6.07) is 6.29. The maximum atomic E-state index is 12.0. The normalized spacial score (nSPS) is 12.5. The molecule has 17 heavy (non-hydrogen) atoms. The molecule has 0 bridgehead atoms. The molecule has 1 aromatic carbocycles. The molecule has 0 amide bonds. The zero-order chi connectivity index (χ0) is 13.3. The van der Waals surface area contributed by atoms with Gasteiger partial charge in [-0.2, -0.15) is 0 Å². The molecule has 3 nitrogen and oxygen atoms in total. The van der Waals surface area contributed by atoms with E-state index in [2.05, 4.69) is 15.9 Å². The summed E-state index contributed by atoms with van der Waals surface area (Å²) in [5.41, 5.74) is -0.636. The number of carbonyl (C=O) groups excluding carboxylic acids is 1. The minimum Gasteiger partial charge on any atom is -0.298 e. The Balaban J connectivity index is 2.98. The molecular formula is C12H15BrO3S. The summed E-state index contributed by atoms with van der Waals surface area (Å²) in [5.74, 6) is -0.724. The maximum Gasteiger partial charge on any atom is 0.185 e. The molecule has 0 aliphatic rings. The minimum absolute atomic E-state index is 0.179. The van der Waals surface area contributed by atoms with Crippen molar-refractivity contribution in [1.82, 2.24) is 0 Å². The van der Waals surface area contributed by atoms with E-state index in [1.165, 1.54) is 12.1 Å². The average molecular weight is 319 g/mol. The fourth-order valence-electron chi connectivity index (χ4n) is 1.11. The largest absolute Gasteiger partial charge is 0.298 e. The molecule has 0 heterocycles. The number of benzene rings is 1. The monoisotopic (exact) mass is 318 g/mol. The van der Waals surface area contributed by atoms with Crippen molar-refractivity contribution in [2.24, 2.45) is 5.41 Å². The summed E-state index contributed by atoms with van der Waals surface area (Å²) >= 11 is 3.23. The van der Waals surface area contributed by atoms with Crippen LogP contribution in [0.15, 0.2) is 33.6 Å². The molecule has 0 radical (unpaired) electrons. The molecule has 0 fully saturated rings. The van der Waals surface area contributed by atoms with Gasteiger partial charge in [0.05, 0.1) is 4.90 Å². The van der Waals surface area contributed by atoms with Gasteiger partial charge in [0.25, 0.3) is 0 Å². The van der Waals surface area contributed by atoms with Gasteiger partial charge in [-0.25, -0.2) is 8.42 Å². The van der Waals surface area contributed by atoms with Crippen LogP contribution < -0.4 is 0 Å². The molecule has 0 N–H and O–H groups in total. The minimum atomic E-state index is -3.53. The van der Waals surface area contributed by atoms with Gasteiger partial charge in [0.2, 0.25) is 0 Å². The van der Waals surface area contributed by atoms with Gasteiger partial charge in [-0.3, -0.25) is 4.79 Å². The molecule has 0 aromatic heterocycles. The highest BCUT2D eigenvalue weighted by Gasteiger charge is 2.27. The first-order valence-electron chi connectivity index (χ1n) is 5.14. The van der Waals surface area contributed by atoms with E-state index in [0.717, 1.165) is 4.47 Å². The third kappa shape index (κ3) is 3.92. The van der Waals surface area contributed by atoms with Crippen molar-refractivity contribution < 1.29 is 13.2 Å². The van der Waals surface area contributed by atoms with Crippen molar-refractivity contribution in [2.45, 2.75) is 25.7 Å². The summed E-state index contributed by atoms with van der Waals surface area (Å²) in [6.07, 6.45) is 0. The van der Waals surface area contributed by atoms with Crippen molar-refractivity contribution in [2.75, 3.05) is 5.75 Å². The van der Waals surface area contributed by atoms with Crippen LogP contribution in [0.25, 0.3) is 0 Å². The lowest BCUT2D eigenvalue weighted by atomic mass is 9.92. The summed E-state index contributed by atoms with van der Waals surface area (Å²) < 4.78 is 24.7. The summed E-state index contributed by atoms with van der Waals surface area (Å²) in [7, 11) is -3.53. The van der Waals surface area contributed by atoms with E-state index >= 15 is 0 Å². The topological polar surface area (TPSA) is 51.2 Å². The lowest BCUT2D eigenvalue weighted by molar-refractivity contribution is -0.123. The van der Waals surface area contributed by atoms with Crippen molar-refractivity contribution in [3.8, 4) is 0 Å². The first-order chi connectivity index (χ1) is 7.63. The van der Waals surface area contributed by atoms with E-state index in [4.69, 9.17) is 0 Å². The van der Waals surface area contributed by atoms with Crippen LogP contribution in [-0.2, 0) is 14.6 Å². The Labute approximate surface area is 110 Å². The Hall–Kier alpha value is -0.680. The molecule has 0 saturated carbocycles. The predicted molar refractivity (Wildman–Crippen MR) is 70.7 cm³/mol. The van der Waals surface area contributed by atoms with Gasteiger partial charge < -0.3 is 0 Å². The standard InChI is InChI=1S/C12H15BrO3S/c1-12(2,3)11(14)8-17(15,16)10-6-4-9(13)5-7-10/h4-7H,8H2,1-3H3. The molecule has 1 aromatic rings. The molecule has 0 aliphatic heterocycles. The lowest BCUT2D eigenvalue weighted by Crippen LogP contribution is -2.28. The highest BCUT2D eigenvalue weighted by Crippen LogP contribution is 2.20. The van der Waals surface area contributed by atoms with Crippen LogP contribution in [0.1, 0.15) is 20.8 Å². The Morgan fingerprint density at radius 3 is 2.06 bits per heavy atom. The summed E-state index contributed by atoms with van der Waals surface area (Å²) in [4.78, 5) is 11.9. The zero-order valence-electron chi connectivity index (χ0n) is 10.0. The SMILES string of the molecule is CC(C)(C)C(=O)CS(=O)(=O)c1ccc(Br)cc1. The van der Waals surface area contributed by atoms with E-state index in [0.29, 0.717) is 0 Å². The highest BCUT2D eigenvalue weighted by atomic mass is 79.9. The number of Topliss-reactive ketones (excluding diaryl/α,β-unsaturated/α-hetero) is 1. The van der Waals surface area contributed by atoms with Crippen molar-refractivity contribution in [1.29, 1.82) is 0 Å². The fourth-order valence-corrected chi connectivity index (χ4v) is 2.87. The number of hydrogen-bond acceptors (Lipinski definition) is 3. The third-order valence-electron chi connectivity index (χ3n) is 2.33. The van der Waals surface area contributed by atoms with Gasteiger partial charge >= 0.3 is 0 Å². The first-order valence-corrected chi connectivity index (χ1v) is 7.59. The predicted octanol–water partition coefficient (Wildman–Crippen LogP) is 2.84. The van der Waals surface area contributed by atoms with Crippen molar-refractivity contribution in [3.63, 3.8) is 0 Å². The van der Waals surface area contributed by atoms with E-state index in [9.17, 15) is 13.2 Å². The Morgan fingerprint density at radius 2 is 1.65 bits per heavy atom. The van der Waals surface area contributed by atoms with Crippen LogP contribution >= 0.6 is 15.9 Å². The molecule has 1 rings (SSSR count). The van der Waals surface area contributed by atoms with Crippen LogP contribution in [0.4, 0.5) is 0 Å². The molecular weight excluding hydrogens is 304 g/mol. The van der Waals surface area contributed by atoms with Crippen LogP contribution in [0, 0.1) is 5.41 Å². The molecule has 0 saturated heterocycles. The fraction of sp³-hybridized carbons (Fsp3) is 0.417. The van der Waals surface area contributed by atoms with Gasteiger partial charge in [0.15, 0.2) is 15.6 Å². The summed E-state index contributed by atoms with van der Waals surface area (Å²) in [5, 5.41) is 0. The Morgan fingerprint density at radius 1 is 1.18 bits per heavy atom. The van der Waals surface area contributed by atoms with E-state index in [-0.39, 0.29) is 10.7 Å². The quantitative estimate of drug-likeness (QED) is 0.861. The van der Waals surface area contributed by atoms with E-state index < -0.39 is 21.0 Å². The number of carbonyl (C=O) groups is 1. The molecule has 94 valence electrons. The maximum absolute atomic E-state index is 12.0. The number of rotatable bonds is 3. The summed E-state index contributed by atoms with van der Waals surface area (Å²) in [6.45, 7) is 5.14. The Kier molecular flexibility index (Phi) is 4.15. The molecule has 0 unspecified atom stereocenters. The second-order valence-corrected chi connectivity index (χ2v) is 7.79. The zero-order valence-corrected chi connectivity index (χ0v) is 12.4. The van der Waals surface area contributed by atoms with E-state index in [1.807, 2.05) is 0 Å². The van der Waals surface area contributed by atoms with Gasteiger partial charge in [-0.05, 0) is 24.3 Å². The molecule has 0 spiro atoms. The highest BCUT2D eigenvalue weighted by molar-refractivity contribution is 9.10. The number of ketones is 1. The second kappa shape index (κ2) is 4.90. The molecule has 0 atom stereocenters. The smallest absolute Gasteiger partial charge is 0.185 e. The van der Waals surface area contributed by atoms with Crippen LogP contribution in [0.5, 0.6) is 0 Å². The first kappa shape index (κ1) is 14.4. The van der Waals surface area contributed by atoms with Crippen LogP contribution in [0.2, 0.25) is 0 Å². The molecule has 5 heteroatoms. The van der Waals surface area contributed by atoms with Crippen LogP contribution in [0.3, 0.4) is 0 Å². The molecule has 0 aliphatic carbocycles. The van der Waals surface area contributed by atoms with Crippen molar-refractivity contribution in [3.05, 3.63) is 28.7 Å². The van der Waals surface area contributed by atoms with Crippen LogP contribution in [-0.4, -0.2) is 20.0 Å². The van der Waals surface area contributed by atoms with Gasteiger partial charge in [-0.15, -0.1) is 0 Å². The number of hydrogen-bond donors (Lipinski definition) is 0. The van der Waals surface area contributed by atoms with Gasteiger partial charge in [0.1, 0.15) is 5.75 Å². The number of sulfone groups is 1. The van der Waals surface area contributed by atoms with Gasteiger partial charge in [-0.1, -0.05) is 36.7 Å². The van der Waals surface area contributed by atoms with Crippen molar-refractivity contribution >= 4 is 31.6 Å². The van der Waals surface area contributed by atoms with E-state index in [1.54, 1.807) is 32.9 Å². The third-order valence-corrected chi connectivity index (χ3v) is 4.49.